The zero-order valence-electron chi connectivity index (χ0n) is 15.0. The number of nitrogens with one attached hydrogen (secondary N) is 1. The minimum absolute atomic E-state index is 0.0399. The maximum absolute atomic E-state index is 11.9. The number of hydrogen-bond donors (Lipinski definition) is 1. The first kappa shape index (κ1) is 17.2. The van der Waals surface area contributed by atoms with E-state index in [-0.39, 0.29) is 5.91 Å². The van der Waals surface area contributed by atoms with Crippen LogP contribution in [0.15, 0.2) is 46.9 Å². The van der Waals surface area contributed by atoms with Gasteiger partial charge < -0.3 is 9.73 Å². The molecule has 0 saturated carbocycles. The number of carbonyl (C=O) groups excluding carboxylic acids is 1. The Labute approximate surface area is 148 Å². The second kappa shape index (κ2) is 7.51. The first-order valence-electron chi connectivity index (χ1n) is 8.87. The number of fused-ring (bicyclic) bond motifs is 1. The van der Waals surface area contributed by atoms with Crippen molar-refractivity contribution >= 4 is 22.7 Å². The molecule has 4 heteroatoms. The van der Waals surface area contributed by atoms with E-state index in [0.717, 1.165) is 35.2 Å². The van der Waals surface area contributed by atoms with Gasteiger partial charge in [-0.3, -0.25) is 4.79 Å². The van der Waals surface area contributed by atoms with Crippen molar-refractivity contribution in [1.82, 2.24) is 4.98 Å². The van der Waals surface area contributed by atoms with Crippen LogP contribution in [0.5, 0.6) is 0 Å². The molecule has 0 aliphatic rings. The van der Waals surface area contributed by atoms with E-state index in [9.17, 15) is 4.79 Å². The topological polar surface area (TPSA) is 55.1 Å². The van der Waals surface area contributed by atoms with E-state index in [1.54, 1.807) is 0 Å². The van der Waals surface area contributed by atoms with E-state index in [4.69, 9.17) is 4.42 Å². The van der Waals surface area contributed by atoms with Crippen LogP contribution >= 0.6 is 0 Å². The third kappa shape index (κ3) is 4.08. The third-order valence-electron chi connectivity index (χ3n) is 4.23. The third-order valence-corrected chi connectivity index (χ3v) is 4.23. The van der Waals surface area contributed by atoms with Gasteiger partial charge in [0.1, 0.15) is 5.52 Å². The normalized spacial score (nSPS) is 11.2. The summed E-state index contributed by atoms with van der Waals surface area (Å²) >= 11 is 0. The van der Waals surface area contributed by atoms with Crippen LogP contribution in [0, 0.1) is 0 Å². The van der Waals surface area contributed by atoms with Gasteiger partial charge in [0.05, 0.1) is 0 Å². The molecule has 0 atom stereocenters. The first-order valence-corrected chi connectivity index (χ1v) is 8.87. The lowest BCUT2D eigenvalue weighted by molar-refractivity contribution is -0.116. The van der Waals surface area contributed by atoms with E-state index in [1.807, 2.05) is 30.3 Å². The molecule has 0 radical (unpaired) electrons. The average Bonchev–Trinajstić information content (AvgIpc) is 3.03. The summed E-state index contributed by atoms with van der Waals surface area (Å²) in [6.45, 7) is 6.39. The Kier molecular flexibility index (Phi) is 5.17. The van der Waals surface area contributed by atoms with Gasteiger partial charge in [-0.25, -0.2) is 4.98 Å². The Morgan fingerprint density at radius 1 is 1.20 bits per heavy atom. The summed E-state index contributed by atoms with van der Waals surface area (Å²) in [6, 6.07) is 13.7. The summed E-state index contributed by atoms with van der Waals surface area (Å²) in [5.74, 6) is 1.06. The lowest BCUT2D eigenvalue weighted by Gasteiger charge is -2.05. The Hall–Kier alpha value is -2.62. The van der Waals surface area contributed by atoms with Gasteiger partial charge >= 0.3 is 0 Å². The lowest BCUT2D eigenvalue weighted by atomic mass is 10.0. The van der Waals surface area contributed by atoms with Crippen LogP contribution in [0.25, 0.3) is 22.6 Å². The molecule has 1 aromatic heterocycles. The predicted octanol–water partition coefficient (Wildman–Crippen LogP) is 5.75. The second-order valence-corrected chi connectivity index (χ2v) is 6.63. The fourth-order valence-corrected chi connectivity index (χ4v) is 2.72. The highest BCUT2D eigenvalue weighted by atomic mass is 16.3. The molecule has 1 N–H and O–H groups in total. The fraction of sp³-hybridized carbons (Fsp3) is 0.333. The molecule has 0 spiro atoms. The van der Waals surface area contributed by atoms with Crippen molar-refractivity contribution in [3.63, 3.8) is 0 Å². The highest BCUT2D eigenvalue weighted by molar-refractivity contribution is 5.91. The van der Waals surface area contributed by atoms with Crippen LogP contribution in [-0.2, 0) is 4.79 Å². The van der Waals surface area contributed by atoms with Crippen molar-refractivity contribution in [3.8, 4) is 11.5 Å². The number of aromatic nitrogens is 1. The maximum Gasteiger partial charge on any atom is 0.227 e. The minimum atomic E-state index is 0.0399. The molecule has 0 aliphatic heterocycles. The maximum atomic E-state index is 11.9. The van der Waals surface area contributed by atoms with Crippen molar-refractivity contribution in [1.29, 1.82) is 0 Å². The molecule has 0 saturated heterocycles. The van der Waals surface area contributed by atoms with Crippen LogP contribution in [-0.4, -0.2) is 10.9 Å². The number of nitrogens with zero attached hydrogens (tertiary/aromatic N) is 1. The summed E-state index contributed by atoms with van der Waals surface area (Å²) in [7, 11) is 0. The van der Waals surface area contributed by atoms with Gasteiger partial charge in [0.2, 0.25) is 11.8 Å². The summed E-state index contributed by atoms with van der Waals surface area (Å²) in [6.07, 6.45) is 2.45. The first-order chi connectivity index (χ1) is 12.1. The monoisotopic (exact) mass is 336 g/mol. The Morgan fingerprint density at radius 2 is 2.04 bits per heavy atom. The number of oxazole rings is 1. The number of hydrogen-bond acceptors (Lipinski definition) is 3. The number of benzene rings is 2. The van der Waals surface area contributed by atoms with E-state index in [1.165, 1.54) is 5.56 Å². The zero-order chi connectivity index (χ0) is 17.8. The number of amides is 1. The van der Waals surface area contributed by atoms with E-state index in [2.05, 4.69) is 43.2 Å². The molecule has 2 aromatic carbocycles. The van der Waals surface area contributed by atoms with Crippen LogP contribution in [0.1, 0.15) is 51.5 Å². The molecule has 130 valence electrons. The highest BCUT2D eigenvalue weighted by Gasteiger charge is 2.11. The van der Waals surface area contributed by atoms with E-state index in [0.29, 0.717) is 18.2 Å². The summed E-state index contributed by atoms with van der Waals surface area (Å²) < 4.78 is 5.89. The molecule has 0 aliphatic carbocycles. The van der Waals surface area contributed by atoms with Crippen molar-refractivity contribution in [2.75, 3.05) is 5.32 Å². The lowest BCUT2D eigenvalue weighted by Crippen LogP contribution is -2.10. The Balaban J connectivity index is 1.85. The van der Waals surface area contributed by atoms with E-state index >= 15 is 0 Å². The number of unbranched alkanes of at least 4 members (excludes halogenated alkanes) is 1. The highest BCUT2D eigenvalue weighted by Crippen LogP contribution is 2.28. The molecule has 25 heavy (non-hydrogen) atoms. The molecule has 0 bridgehead atoms. The van der Waals surface area contributed by atoms with Gasteiger partial charge in [0, 0.05) is 17.7 Å². The molecule has 1 heterocycles. The number of anilines is 1. The number of carbonyl (C=O) groups is 1. The molecule has 0 unspecified atom stereocenters. The summed E-state index contributed by atoms with van der Waals surface area (Å²) in [4.78, 5) is 16.5. The molecule has 4 nitrogen and oxygen atoms in total. The van der Waals surface area contributed by atoms with Crippen molar-refractivity contribution in [2.24, 2.45) is 0 Å². The standard InChI is InChI=1S/C21H24N2O2/c1-4-5-9-20(24)22-17-8-6-7-16(12-17)21-23-18-13-15(14(2)3)10-11-19(18)25-21/h6-8,10-14H,4-5,9H2,1-3H3,(H,22,24). The number of rotatable bonds is 6. The SMILES string of the molecule is CCCCC(=O)Nc1cccc(-c2nc3cc(C(C)C)ccc3o2)c1. The minimum Gasteiger partial charge on any atom is -0.436 e. The molecular formula is C21H24N2O2. The van der Waals surface area contributed by atoms with Crippen molar-refractivity contribution in [3.05, 3.63) is 48.0 Å². The largest absolute Gasteiger partial charge is 0.436 e. The van der Waals surface area contributed by atoms with Gasteiger partial charge in [-0.15, -0.1) is 0 Å². The smallest absolute Gasteiger partial charge is 0.227 e. The molecule has 3 aromatic rings. The molecule has 3 rings (SSSR count). The average molecular weight is 336 g/mol. The van der Waals surface area contributed by atoms with Crippen LogP contribution in [0.4, 0.5) is 5.69 Å². The van der Waals surface area contributed by atoms with Gasteiger partial charge in [0.15, 0.2) is 5.58 Å². The fourth-order valence-electron chi connectivity index (χ4n) is 2.72. The van der Waals surface area contributed by atoms with E-state index < -0.39 is 0 Å². The summed E-state index contributed by atoms with van der Waals surface area (Å²) in [5, 5.41) is 2.94. The van der Waals surface area contributed by atoms with Gasteiger partial charge in [-0.1, -0.05) is 39.3 Å². The predicted molar refractivity (Wildman–Crippen MR) is 102 cm³/mol. The molecule has 1 amide bonds. The van der Waals surface area contributed by atoms with Gasteiger partial charge in [-0.2, -0.15) is 0 Å². The van der Waals surface area contributed by atoms with Crippen LogP contribution in [0.3, 0.4) is 0 Å². The Morgan fingerprint density at radius 3 is 2.80 bits per heavy atom. The van der Waals surface area contributed by atoms with Gasteiger partial charge in [0.25, 0.3) is 0 Å². The van der Waals surface area contributed by atoms with Crippen molar-refractivity contribution in [2.45, 2.75) is 46.0 Å². The summed E-state index contributed by atoms with van der Waals surface area (Å²) in [5.41, 5.74) is 4.50. The van der Waals surface area contributed by atoms with Crippen LogP contribution in [0.2, 0.25) is 0 Å². The second-order valence-electron chi connectivity index (χ2n) is 6.63. The molecule has 0 fully saturated rings. The quantitative estimate of drug-likeness (QED) is 0.624. The Bertz CT molecular complexity index is 880. The van der Waals surface area contributed by atoms with Crippen LogP contribution < -0.4 is 5.32 Å². The zero-order valence-corrected chi connectivity index (χ0v) is 15.0. The van der Waals surface area contributed by atoms with Gasteiger partial charge in [-0.05, 0) is 48.2 Å². The van der Waals surface area contributed by atoms with Crippen molar-refractivity contribution < 1.29 is 9.21 Å². The molecular weight excluding hydrogens is 312 g/mol.